The van der Waals surface area contributed by atoms with Gasteiger partial charge in [0.1, 0.15) is 11.5 Å². The highest BCUT2D eigenvalue weighted by Gasteiger charge is 2.10. The lowest BCUT2D eigenvalue weighted by molar-refractivity contribution is 0.0940. The molecule has 1 N–H and O–H groups in total. The Morgan fingerprint density at radius 1 is 1.40 bits per heavy atom. The van der Waals surface area contributed by atoms with Gasteiger partial charge < -0.3 is 9.73 Å². The molecule has 0 fully saturated rings. The quantitative estimate of drug-likeness (QED) is 0.895. The van der Waals surface area contributed by atoms with Crippen LogP contribution >= 0.6 is 0 Å². The van der Waals surface area contributed by atoms with E-state index < -0.39 is 0 Å². The van der Waals surface area contributed by atoms with Gasteiger partial charge in [0.2, 0.25) is 0 Å². The molecule has 20 heavy (non-hydrogen) atoms. The van der Waals surface area contributed by atoms with Crippen LogP contribution in [-0.4, -0.2) is 15.7 Å². The van der Waals surface area contributed by atoms with Crippen LogP contribution in [0.4, 0.5) is 0 Å². The van der Waals surface area contributed by atoms with Gasteiger partial charge in [0, 0.05) is 12.6 Å². The maximum Gasteiger partial charge on any atom is 0.272 e. The van der Waals surface area contributed by atoms with Crippen molar-refractivity contribution in [2.24, 2.45) is 5.92 Å². The first-order valence-corrected chi connectivity index (χ1v) is 6.45. The first-order valence-electron chi connectivity index (χ1n) is 6.45. The summed E-state index contributed by atoms with van der Waals surface area (Å²) in [6.45, 7) is 4.74. The summed E-state index contributed by atoms with van der Waals surface area (Å²) >= 11 is 0. The van der Waals surface area contributed by atoms with Crippen LogP contribution in [0.25, 0.3) is 0 Å². The Morgan fingerprint density at radius 3 is 2.85 bits per heavy atom. The van der Waals surface area contributed by atoms with Gasteiger partial charge in [-0.2, -0.15) is 5.10 Å². The molecule has 0 saturated carbocycles. The second-order valence-electron chi connectivity index (χ2n) is 4.89. The van der Waals surface area contributed by atoms with Gasteiger partial charge in [-0.1, -0.05) is 13.8 Å². The number of nitrogens with one attached hydrogen (secondary N) is 1. The first-order chi connectivity index (χ1) is 9.56. The van der Waals surface area contributed by atoms with E-state index in [1.165, 1.54) is 16.8 Å². The summed E-state index contributed by atoms with van der Waals surface area (Å²) in [5.41, 5.74) is 0.0121. The summed E-state index contributed by atoms with van der Waals surface area (Å²) in [4.78, 5) is 23.6. The van der Waals surface area contributed by atoms with Gasteiger partial charge in [-0.05, 0) is 24.1 Å². The van der Waals surface area contributed by atoms with Crippen molar-refractivity contribution in [2.45, 2.75) is 26.9 Å². The number of nitrogens with zero attached hydrogens (tertiary/aromatic N) is 2. The second-order valence-corrected chi connectivity index (χ2v) is 4.89. The summed E-state index contributed by atoms with van der Waals surface area (Å²) in [7, 11) is 0. The Kier molecular flexibility index (Phi) is 4.34. The highest BCUT2D eigenvalue weighted by Crippen LogP contribution is 2.00. The van der Waals surface area contributed by atoms with Crippen molar-refractivity contribution in [1.29, 1.82) is 0 Å². The molecule has 1 amide bonds. The normalized spacial score (nSPS) is 10.8. The number of hydrogen-bond acceptors (Lipinski definition) is 4. The number of carbonyl (C=O) groups is 1. The highest BCUT2D eigenvalue weighted by atomic mass is 16.3. The Labute approximate surface area is 116 Å². The monoisotopic (exact) mass is 275 g/mol. The zero-order valence-electron chi connectivity index (χ0n) is 11.5. The molecule has 2 heterocycles. The molecule has 0 aliphatic heterocycles. The van der Waals surface area contributed by atoms with Crippen LogP contribution in [0.3, 0.4) is 0 Å². The Bertz CT molecular complexity index is 629. The lowest BCUT2D eigenvalue weighted by Crippen LogP contribution is -2.30. The number of carbonyl (C=O) groups excluding carboxylic acids is 1. The van der Waals surface area contributed by atoms with Crippen LogP contribution in [-0.2, 0) is 13.1 Å². The minimum absolute atomic E-state index is 0.207. The number of furan rings is 1. The average Bonchev–Trinajstić information content (AvgIpc) is 2.91. The molecular formula is C14H17N3O3. The molecule has 0 unspecified atom stereocenters. The third kappa shape index (κ3) is 3.57. The molecule has 0 radical (unpaired) electrons. The first kappa shape index (κ1) is 14.0. The van der Waals surface area contributed by atoms with E-state index in [1.807, 2.05) is 13.8 Å². The Hall–Kier alpha value is -2.37. The summed E-state index contributed by atoms with van der Waals surface area (Å²) in [5, 5.41) is 6.76. The lowest BCUT2D eigenvalue weighted by atomic mass is 10.2. The molecule has 0 aliphatic rings. The van der Waals surface area contributed by atoms with E-state index in [-0.39, 0.29) is 29.6 Å². The minimum Gasteiger partial charge on any atom is -0.467 e. The van der Waals surface area contributed by atoms with E-state index in [2.05, 4.69) is 10.4 Å². The second kappa shape index (κ2) is 6.18. The minimum atomic E-state index is -0.334. The fourth-order valence-corrected chi connectivity index (χ4v) is 1.72. The molecule has 0 aliphatic carbocycles. The maximum atomic E-state index is 12.0. The van der Waals surface area contributed by atoms with E-state index in [0.717, 1.165) is 0 Å². The lowest BCUT2D eigenvalue weighted by Gasteiger charge is -2.09. The molecule has 106 valence electrons. The fourth-order valence-electron chi connectivity index (χ4n) is 1.72. The summed E-state index contributed by atoms with van der Waals surface area (Å²) in [6.07, 6.45) is 1.54. The average molecular weight is 275 g/mol. The van der Waals surface area contributed by atoms with Crippen LogP contribution in [0, 0.1) is 5.92 Å². The largest absolute Gasteiger partial charge is 0.467 e. The predicted octanol–water partition coefficient (Wildman–Crippen LogP) is 1.42. The highest BCUT2D eigenvalue weighted by molar-refractivity contribution is 5.91. The van der Waals surface area contributed by atoms with E-state index in [4.69, 9.17) is 4.42 Å². The molecule has 2 aromatic rings. The van der Waals surface area contributed by atoms with Crippen LogP contribution in [0.5, 0.6) is 0 Å². The van der Waals surface area contributed by atoms with Crippen molar-refractivity contribution >= 4 is 5.91 Å². The molecule has 2 rings (SSSR count). The van der Waals surface area contributed by atoms with E-state index in [9.17, 15) is 9.59 Å². The van der Waals surface area contributed by atoms with Crippen molar-refractivity contribution in [2.75, 3.05) is 0 Å². The van der Waals surface area contributed by atoms with E-state index in [0.29, 0.717) is 12.3 Å². The molecule has 6 heteroatoms. The third-order valence-electron chi connectivity index (χ3n) is 2.64. The third-order valence-corrected chi connectivity index (χ3v) is 2.64. The van der Waals surface area contributed by atoms with Gasteiger partial charge in [-0.15, -0.1) is 0 Å². The predicted molar refractivity (Wildman–Crippen MR) is 73.2 cm³/mol. The number of amides is 1. The zero-order valence-corrected chi connectivity index (χ0v) is 11.5. The van der Waals surface area contributed by atoms with Crippen molar-refractivity contribution in [3.63, 3.8) is 0 Å². The van der Waals surface area contributed by atoms with Crippen molar-refractivity contribution in [3.8, 4) is 0 Å². The van der Waals surface area contributed by atoms with Crippen LogP contribution in [0.2, 0.25) is 0 Å². The van der Waals surface area contributed by atoms with Gasteiger partial charge in [0.25, 0.3) is 11.5 Å². The Balaban J connectivity index is 2.07. The molecule has 2 aromatic heterocycles. The maximum absolute atomic E-state index is 12.0. The molecular weight excluding hydrogens is 258 g/mol. The molecule has 0 saturated heterocycles. The topological polar surface area (TPSA) is 77.1 Å². The number of hydrogen-bond donors (Lipinski definition) is 1. The molecule has 0 aromatic carbocycles. The number of aromatic nitrogens is 2. The smallest absolute Gasteiger partial charge is 0.272 e. The zero-order chi connectivity index (χ0) is 14.5. The van der Waals surface area contributed by atoms with Crippen LogP contribution in [0.15, 0.2) is 39.7 Å². The van der Waals surface area contributed by atoms with Gasteiger partial charge in [-0.25, -0.2) is 4.68 Å². The van der Waals surface area contributed by atoms with Crippen LogP contribution in [0.1, 0.15) is 30.1 Å². The van der Waals surface area contributed by atoms with Gasteiger partial charge in [-0.3, -0.25) is 9.59 Å². The molecule has 0 bridgehead atoms. The summed E-state index contributed by atoms with van der Waals surface area (Å²) in [5.74, 6) is 0.606. The summed E-state index contributed by atoms with van der Waals surface area (Å²) < 4.78 is 6.44. The standard InChI is InChI=1S/C14H17N3O3/c1-10(2)9-17-13(18)6-5-12(16-17)14(19)15-8-11-4-3-7-20-11/h3-7,10H,8-9H2,1-2H3,(H,15,19). The van der Waals surface area contributed by atoms with E-state index >= 15 is 0 Å². The van der Waals surface area contributed by atoms with Crippen molar-refractivity contribution in [1.82, 2.24) is 15.1 Å². The summed E-state index contributed by atoms with van der Waals surface area (Å²) in [6, 6.07) is 6.31. The molecule has 0 atom stereocenters. The SMILES string of the molecule is CC(C)Cn1nc(C(=O)NCc2ccco2)ccc1=O. The van der Waals surface area contributed by atoms with Crippen molar-refractivity contribution in [3.05, 3.63) is 52.3 Å². The molecule has 0 spiro atoms. The molecule has 6 nitrogen and oxygen atoms in total. The van der Waals surface area contributed by atoms with Crippen LogP contribution < -0.4 is 10.9 Å². The van der Waals surface area contributed by atoms with Gasteiger partial charge in [0.15, 0.2) is 0 Å². The van der Waals surface area contributed by atoms with E-state index in [1.54, 1.807) is 18.4 Å². The fraction of sp³-hybridized carbons (Fsp3) is 0.357. The van der Waals surface area contributed by atoms with Gasteiger partial charge >= 0.3 is 0 Å². The van der Waals surface area contributed by atoms with Gasteiger partial charge in [0.05, 0.1) is 12.8 Å². The Morgan fingerprint density at radius 2 is 2.20 bits per heavy atom. The number of rotatable bonds is 5. The van der Waals surface area contributed by atoms with Crippen molar-refractivity contribution < 1.29 is 9.21 Å².